The van der Waals surface area contributed by atoms with Crippen LogP contribution < -0.4 is 25.2 Å². The Morgan fingerprint density at radius 3 is 2.21 bits per heavy atom. The zero-order valence-electron chi connectivity index (χ0n) is 13.6. The third-order valence-electron chi connectivity index (χ3n) is 3.59. The van der Waals surface area contributed by atoms with Gasteiger partial charge in [0.05, 0.1) is 21.3 Å². The molecule has 0 fully saturated rings. The molecule has 0 bridgehead atoms. The summed E-state index contributed by atoms with van der Waals surface area (Å²) in [6.07, 6.45) is 0. The predicted octanol–water partition coefficient (Wildman–Crippen LogP) is 3.56. The van der Waals surface area contributed by atoms with E-state index in [-0.39, 0.29) is 0 Å². The Balaban J connectivity index is 2.05. The lowest BCUT2D eigenvalue weighted by atomic mass is 10.2. The maximum absolute atomic E-state index is 12.2. The molecule has 124 valence electrons. The minimum absolute atomic E-state index is 0.322. The first-order valence-electron chi connectivity index (χ1n) is 7.26. The number of benzene rings is 2. The van der Waals surface area contributed by atoms with E-state index in [1.165, 1.54) is 21.3 Å². The Morgan fingerprint density at radius 1 is 0.917 bits per heavy atom. The van der Waals surface area contributed by atoms with Gasteiger partial charge in [-0.3, -0.25) is 0 Å². The Hall–Kier alpha value is -3.15. The highest BCUT2D eigenvalue weighted by Gasteiger charge is 2.14. The van der Waals surface area contributed by atoms with E-state index >= 15 is 0 Å². The summed E-state index contributed by atoms with van der Waals surface area (Å²) in [6.45, 7) is 0. The van der Waals surface area contributed by atoms with E-state index in [0.29, 0.717) is 34.2 Å². The molecule has 0 saturated heterocycles. The molecule has 0 atom stereocenters. The normalized spacial score (nSPS) is 10.5. The van der Waals surface area contributed by atoms with E-state index in [4.69, 9.17) is 18.6 Å². The molecule has 1 heterocycles. The molecule has 6 heteroatoms. The lowest BCUT2D eigenvalue weighted by Gasteiger charge is -2.14. The van der Waals surface area contributed by atoms with Crippen molar-refractivity contribution < 1.29 is 18.6 Å². The number of anilines is 2. The number of hydrogen-bond donors (Lipinski definition) is 1. The van der Waals surface area contributed by atoms with Crippen LogP contribution in [0.25, 0.3) is 11.0 Å². The van der Waals surface area contributed by atoms with Crippen molar-refractivity contribution in [1.29, 1.82) is 0 Å². The predicted molar refractivity (Wildman–Crippen MR) is 91.9 cm³/mol. The van der Waals surface area contributed by atoms with Crippen molar-refractivity contribution >= 4 is 22.3 Å². The van der Waals surface area contributed by atoms with Crippen molar-refractivity contribution in [3.05, 3.63) is 52.9 Å². The number of ether oxygens (including phenoxy) is 3. The van der Waals surface area contributed by atoms with E-state index in [1.54, 1.807) is 24.3 Å². The third kappa shape index (κ3) is 2.86. The maximum Gasteiger partial charge on any atom is 0.360 e. The average molecular weight is 327 g/mol. The highest BCUT2D eigenvalue weighted by molar-refractivity contribution is 5.80. The molecule has 1 aromatic heterocycles. The van der Waals surface area contributed by atoms with Crippen molar-refractivity contribution in [2.24, 2.45) is 0 Å². The van der Waals surface area contributed by atoms with Crippen LogP contribution in [0.3, 0.4) is 0 Å². The Bertz CT molecular complexity index is 907. The fourth-order valence-corrected chi connectivity index (χ4v) is 2.46. The van der Waals surface area contributed by atoms with Crippen LogP contribution in [0.1, 0.15) is 0 Å². The van der Waals surface area contributed by atoms with E-state index in [1.807, 2.05) is 18.2 Å². The topological polar surface area (TPSA) is 69.9 Å². The van der Waals surface area contributed by atoms with E-state index in [9.17, 15) is 4.79 Å². The van der Waals surface area contributed by atoms with Crippen LogP contribution in [-0.2, 0) is 0 Å². The minimum atomic E-state index is -0.456. The molecule has 0 amide bonds. The number of fused-ring (bicyclic) bond motifs is 1. The number of rotatable bonds is 5. The standard InChI is InChI=1S/C18H17NO5/c1-21-15-9-12(10-16(22-2)17(15)23-3)19-13-8-11-6-4-5-7-14(11)24-18(13)20/h4-10,19H,1-3H3. The summed E-state index contributed by atoms with van der Waals surface area (Å²) in [7, 11) is 4.60. The van der Waals surface area contributed by atoms with Gasteiger partial charge in [0.1, 0.15) is 11.3 Å². The fourth-order valence-electron chi connectivity index (χ4n) is 2.46. The second-order valence-electron chi connectivity index (χ2n) is 5.02. The van der Waals surface area contributed by atoms with Gasteiger partial charge in [0.15, 0.2) is 11.5 Å². The van der Waals surface area contributed by atoms with Gasteiger partial charge in [0, 0.05) is 23.2 Å². The summed E-state index contributed by atoms with van der Waals surface area (Å²) >= 11 is 0. The van der Waals surface area contributed by atoms with E-state index in [2.05, 4.69) is 5.32 Å². The summed E-state index contributed by atoms with van der Waals surface area (Å²) in [4.78, 5) is 12.2. The van der Waals surface area contributed by atoms with Crippen molar-refractivity contribution in [2.75, 3.05) is 26.6 Å². The van der Waals surface area contributed by atoms with Crippen molar-refractivity contribution in [2.45, 2.75) is 0 Å². The molecular weight excluding hydrogens is 310 g/mol. The second kappa shape index (κ2) is 6.54. The van der Waals surface area contributed by atoms with E-state index < -0.39 is 5.63 Å². The zero-order valence-corrected chi connectivity index (χ0v) is 13.6. The molecule has 0 aliphatic carbocycles. The SMILES string of the molecule is COc1cc(Nc2cc3ccccc3oc2=O)cc(OC)c1OC. The number of hydrogen-bond acceptors (Lipinski definition) is 6. The number of nitrogens with one attached hydrogen (secondary N) is 1. The highest BCUT2D eigenvalue weighted by atomic mass is 16.5. The van der Waals surface area contributed by atoms with Crippen LogP contribution in [0.4, 0.5) is 11.4 Å². The van der Waals surface area contributed by atoms with Gasteiger partial charge in [-0.25, -0.2) is 4.79 Å². The molecule has 0 saturated carbocycles. The Labute approximate surface area is 138 Å². The van der Waals surface area contributed by atoms with E-state index in [0.717, 1.165) is 5.39 Å². The van der Waals surface area contributed by atoms with Crippen LogP contribution in [0.15, 0.2) is 51.7 Å². The summed E-state index contributed by atoms with van der Waals surface area (Å²) in [5.74, 6) is 1.46. The van der Waals surface area contributed by atoms with Gasteiger partial charge in [0.25, 0.3) is 0 Å². The van der Waals surface area contributed by atoms with Gasteiger partial charge in [-0.2, -0.15) is 0 Å². The monoisotopic (exact) mass is 327 g/mol. The van der Waals surface area contributed by atoms with Gasteiger partial charge < -0.3 is 23.9 Å². The molecule has 6 nitrogen and oxygen atoms in total. The second-order valence-corrected chi connectivity index (χ2v) is 5.02. The Kier molecular flexibility index (Phi) is 4.29. The lowest BCUT2D eigenvalue weighted by Crippen LogP contribution is -2.07. The quantitative estimate of drug-likeness (QED) is 0.723. The molecular formula is C18H17NO5. The van der Waals surface area contributed by atoms with Crippen molar-refractivity contribution in [3.63, 3.8) is 0 Å². The first-order chi connectivity index (χ1) is 11.7. The average Bonchev–Trinajstić information content (AvgIpc) is 2.61. The van der Waals surface area contributed by atoms with Crippen LogP contribution in [-0.4, -0.2) is 21.3 Å². The number of methoxy groups -OCH3 is 3. The minimum Gasteiger partial charge on any atom is -0.493 e. The third-order valence-corrected chi connectivity index (χ3v) is 3.59. The van der Waals surface area contributed by atoms with Crippen LogP contribution in [0.5, 0.6) is 17.2 Å². The Morgan fingerprint density at radius 2 is 1.58 bits per heavy atom. The summed E-state index contributed by atoms with van der Waals surface area (Å²) in [6, 6.07) is 12.5. The van der Waals surface area contributed by atoms with Crippen molar-refractivity contribution in [1.82, 2.24) is 0 Å². The molecule has 3 rings (SSSR count). The van der Waals surface area contributed by atoms with Crippen molar-refractivity contribution in [3.8, 4) is 17.2 Å². The lowest BCUT2D eigenvalue weighted by molar-refractivity contribution is 0.324. The van der Waals surface area contributed by atoms with Gasteiger partial charge in [0.2, 0.25) is 5.75 Å². The first kappa shape index (κ1) is 15.7. The first-order valence-corrected chi connectivity index (χ1v) is 7.26. The summed E-state index contributed by atoms with van der Waals surface area (Å²) in [5.41, 5.74) is 1.02. The molecule has 1 N–H and O–H groups in total. The molecule has 0 spiro atoms. The van der Waals surface area contributed by atoms with Gasteiger partial charge in [-0.15, -0.1) is 0 Å². The highest BCUT2D eigenvalue weighted by Crippen LogP contribution is 2.40. The maximum atomic E-state index is 12.2. The fraction of sp³-hybridized carbons (Fsp3) is 0.167. The largest absolute Gasteiger partial charge is 0.493 e. The van der Waals surface area contributed by atoms with Gasteiger partial charge in [-0.1, -0.05) is 18.2 Å². The van der Waals surface area contributed by atoms with Gasteiger partial charge in [-0.05, 0) is 12.1 Å². The van der Waals surface area contributed by atoms with Gasteiger partial charge >= 0.3 is 5.63 Å². The molecule has 24 heavy (non-hydrogen) atoms. The summed E-state index contributed by atoms with van der Waals surface area (Å²) < 4.78 is 21.2. The molecule has 0 unspecified atom stereocenters. The molecule has 0 aliphatic rings. The number of para-hydroxylation sites is 1. The molecule has 0 radical (unpaired) electrons. The summed E-state index contributed by atoms with van der Waals surface area (Å²) in [5, 5.41) is 3.87. The smallest absolute Gasteiger partial charge is 0.360 e. The molecule has 2 aromatic carbocycles. The zero-order chi connectivity index (χ0) is 17.1. The van der Waals surface area contributed by atoms with Crippen LogP contribution in [0, 0.1) is 0 Å². The van der Waals surface area contributed by atoms with Crippen LogP contribution in [0.2, 0.25) is 0 Å². The molecule has 3 aromatic rings. The molecule has 0 aliphatic heterocycles. The van der Waals surface area contributed by atoms with Crippen LogP contribution >= 0.6 is 0 Å².